The Hall–Kier alpha value is -1.28. The Morgan fingerprint density at radius 3 is 3.23 bits per heavy atom. The molecular weight excluding hydrogens is 184 g/mol. The van der Waals surface area contributed by atoms with Crippen LogP contribution in [0, 0.1) is 0 Å². The van der Waals surface area contributed by atoms with Gasteiger partial charge in [0, 0.05) is 23.8 Å². The van der Waals surface area contributed by atoms with Gasteiger partial charge in [-0.05, 0) is 17.7 Å². The molecule has 2 heterocycles. The predicted octanol–water partition coefficient (Wildman–Crippen LogP) is 2.43. The number of benzene rings is 1. The van der Waals surface area contributed by atoms with Crippen LogP contribution in [0.1, 0.15) is 11.4 Å². The zero-order valence-electron chi connectivity index (χ0n) is 6.87. The highest BCUT2D eigenvalue weighted by Crippen LogP contribution is 2.28. The van der Waals surface area contributed by atoms with Crippen LogP contribution in [0.25, 0.3) is 5.69 Å². The monoisotopic (exact) mass is 190 g/mol. The van der Waals surface area contributed by atoms with E-state index < -0.39 is 0 Å². The van der Waals surface area contributed by atoms with E-state index in [0.717, 1.165) is 17.3 Å². The lowest BCUT2D eigenvalue weighted by Crippen LogP contribution is -1.88. The summed E-state index contributed by atoms with van der Waals surface area (Å²) in [5.41, 5.74) is 2.47. The average molecular weight is 191 g/mol. The van der Waals surface area contributed by atoms with Crippen molar-refractivity contribution in [3.05, 3.63) is 47.0 Å². The Balaban J connectivity index is 2.31. The van der Waals surface area contributed by atoms with E-state index in [1.807, 2.05) is 24.5 Å². The Labute approximate surface area is 80.8 Å². The Morgan fingerprint density at radius 1 is 1.38 bits per heavy atom. The fraction of sp³-hybridized carbons (Fsp3) is 0.100. The summed E-state index contributed by atoms with van der Waals surface area (Å²) in [5.74, 6) is 1.09. The van der Waals surface area contributed by atoms with Gasteiger partial charge in [0.15, 0.2) is 0 Å². The molecule has 0 spiro atoms. The summed E-state index contributed by atoms with van der Waals surface area (Å²) in [6.07, 6.45) is 4.70. The molecule has 0 N–H and O–H groups in total. The molecular formula is C10H7ClN2. The topological polar surface area (TPSA) is 17.8 Å². The average Bonchev–Trinajstić information content (AvgIpc) is 2.64. The molecule has 13 heavy (non-hydrogen) atoms. The van der Waals surface area contributed by atoms with E-state index in [2.05, 4.69) is 15.6 Å². The molecule has 0 bridgehead atoms. The van der Waals surface area contributed by atoms with Crippen LogP contribution in [0.3, 0.4) is 0 Å². The summed E-state index contributed by atoms with van der Waals surface area (Å²) in [7, 11) is 0. The molecule has 0 saturated carbocycles. The van der Waals surface area contributed by atoms with Gasteiger partial charge in [-0.15, -0.1) is 0 Å². The van der Waals surface area contributed by atoms with Crippen molar-refractivity contribution in [3.8, 4) is 5.69 Å². The number of fused-ring (bicyclic) bond motifs is 3. The third-order valence-electron chi connectivity index (χ3n) is 2.37. The minimum atomic E-state index is 0.778. The van der Waals surface area contributed by atoms with Crippen LogP contribution >= 0.6 is 11.6 Å². The molecule has 2 aromatic rings. The van der Waals surface area contributed by atoms with Crippen LogP contribution < -0.4 is 0 Å². The second-order valence-electron chi connectivity index (χ2n) is 3.16. The van der Waals surface area contributed by atoms with E-state index in [4.69, 9.17) is 11.6 Å². The van der Waals surface area contributed by atoms with E-state index in [9.17, 15) is 0 Å². The van der Waals surface area contributed by atoms with Crippen LogP contribution in [-0.2, 0) is 6.42 Å². The molecule has 64 valence electrons. The second-order valence-corrected chi connectivity index (χ2v) is 3.60. The summed E-state index contributed by atoms with van der Waals surface area (Å²) in [5, 5.41) is 0.778. The van der Waals surface area contributed by atoms with E-state index in [-0.39, 0.29) is 0 Å². The van der Waals surface area contributed by atoms with Crippen molar-refractivity contribution in [2.45, 2.75) is 6.42 Å². The van der Waals surface area contributed by atoms with Gasteiger partial charge in [-0.25, -0.2) is 4.98 Å². The highest BCUT2D eigenvalue weighted by Gasteiger charge is 2.17. The van der Waals surface area contributed by atoms with Gasteiger partial charge in [0.2, 0.25) is 0 Å². The minimum absolute atomic E-state index is 0.778. The zero-order valence-corrected chi connectivity index (χ0v) is 7.62. The summed E-state index contributed by atoms with van der Waals surface area (Å²) in [4.78, 5) is 4.26. The van der Waals surface area contributed by atoms with Crippen LogP contribution in [0.4, 0.5) is 0 Å². The summed E-state index contributed by atoms with van der Waals surface area (Å²) < 4.78 is 2.08. The molecule has 0 fully saturated rings. The number of imidazole rings is 1. The van der Waals surface area contributed by atoms with E-state index in [1.165, 1.54) is 11.3 Å². The van der Waals surface area contributed by atoms with Gasteiger partial charge in [-0.3, -0.25) is 0 Å². The van der Waals surface area contributed by atoms with Gasteiger partial charge < -0.3 is 4.57 Å². The first kappa shape index (κ1) is 7.15. The summed E-state index contributed by atoms with van der Waals surface area (Å²) in [6, 6.07) is 5.97. The lowest BCUT2D eigenvalue weighted by atomic mass is 10.1. The highest BCUT2D eigenvalue weighted by molar-refractivity contribution is 6.30. The zero-order chi connectivity index (χ0) is 8.84. The van der Waals surface area contributed by atoms with Crippen molar-refractivity contribution in [3.63, 3.8) is 0 Å². The van der Waals surface area contributed by atoms with Gasteiger partial charge in [0.1, 0.15) is 5.82 Å². The smallest absolute Gasteiger partial charge is 0.117 e. The quantitative estimate of drug-likeness (QED) is 0.533. The maximum absolute atomic E-state index is 5.92. The number of hydrogen-bond acceptors (Lipinski definition) is 1. The first-order chi connectivity index (χ1) is 6.34. The Morgan fingerprint density at radius 2 is 2.31 bits per heavy atom. The molecule has 0 saturated heterocycles. The van der Waals surface area contributed by atoms with Crippen molar-refractivity contribution in [2.24, 2.45) is 0 Å². The molecule has 0 unspecified atom stereocenters. The first-order valence-electron chi connectivity index (χ1n) is 4.15. The minimum Gasteiger partial charge on any atom is -0.303 e. The van der Waals surface area contributed by atoms with Crippen LogP contribution in [-0.4, -0.2) is 9.55 Å². The molecule has 1 aromatic carbocycles. The molecule has 0 amide bonds. The standard InChI is InChI=1S/C10H7ClN2/c11-8-2-1-7-5-10-12-3-4-13(10)9(7)6-8/h1-4,6H,5H2. The summed E-state index contributed by atoms with van der Waals surface area (Å²) >= 11 is 5.92. The second kappa shape index (κ2) is 2.36. The molecule has 1 aliphatic rings. The van der Waals surface area contributed by atoms with E-state index in [1.54, 1.807) is 0 Å². The fourth-order valence-corrected chi connectivity index (χ4v) is 1.93. The van der Waals surface area contributed by atoms with E-state index in [0.29, 0.717) is 0 Å². The number of aromatic nitrogens is 2. The molecule has 2 nitrogen and oxygen atoms in total. The van der Waals surface area contributed by atoms with Crippen molar-refractivity contribution >= 4 is 11.6 Å². The highest BCUT2D eigenvalue weighted by atomic mass is 35.5. The lowest BCUT2D eigenvalue weighted by molar-refractivity contribution is 0.997. The fourth-order valence-electron chi connectivity index (χ4n) is 1.77. The third-order valence-corrected chi connectivity index (χ3v) is 2.61. The predicted molar refractivity (Wildman–Crippen MR) is 51.4 cm³/mol. The van der Waals surface area contributed by atoms with Gasteiger partial charge in [0.05, 0.1) is 5.69 Å². The molecule has 0 atom stereocenters. The molecule has 0 radical (unpaired) electrons. The van der Waals surface area contributed by atoms with Crippen LogP contribution in [0.5, 0.6) is 0 Å². The molecule has 1 aromatic heterocycles. The summed E-state index contributed by atoms with van der Waals surface area (Å²) in [6.45, 7) is 0. The number of rotatable bonds is 0. The molecule has 3 heteroatoms. The molecule has 0 aliphatic carbocycles. The van der Waals surface area contributed by atoms with Gasteiger partial charge in [0.25, 0.3) is 0 Å². The maximum atomic E-state index is 5.92. The molecule has 1 aliphatic heterocycles. The van der Waals surface area contributed by atoms with Crippen LogP contribution in [0.2, 0.25) is 5.02 Å². The van der Waals surface area contributed by atoms with Crippen LogP contribution in [0.15, 0.2) is 30.6 Å². The first-order valence-corrected chi connectivity index (χ1v) is 4.53. The maximum Gasteiger partial charge on any atom is 0.117 e. The largest absolute Gasteiger partial charge is 0.303 e. The number of nitrogens with zero attached hydrogens (tertiary/aromatic N) is 2. The van der Waals surface area contributed by atoms with Gasteiger partial charge >= 0.3 is 0 Å². The number of halogens is 1. The lowest BCUT2D eigenvalue weighted by Gasteiger charge is -2.00. The molecule has 3 rings (SSSR count). The normalized spacial score (nSPS) is 12.7. The SMILES string of the molecule is Clc1ccc2c(c1)-n1ccnc1C2. The van der Waals surface area contributed by atoms with Crippen molar-refractivity contribution in [2.75, 3.05) is 0 Å². The van der Waals surface area contributed by atoms with E-state index >= 15 is 0 Å². The number of hydrogen-bond donors (Lipinski definition) is 0. The Bertz CT molecular complexity index is 474. The van der Waals surface area contributed by atoms with Crippen molar-refractivity contribution < 1.29 is 0 Å². The third kappa shape index (κ3) is 0.923. The van der Waals surface area contributed by atoms with Crippen molar-refractivity contribution in [1.82, 2.24) is 9.55 Å². The van der Waals surface area contributed by atoms with Gasteiger partial charge in [-0.1, -0.05) is 17.7 Å². The Kier molecular flexibility index (Phi) is 1.30. The van der Waals surface area contributed by atoms with Gasteiger partial charge in [-0.2, -0.15) is 0 Å². The van der Waals surface area contributed by atoms with Crippen molar-refractivity contribution in [1.29, 1.82) is 0 Å².